The van der Waals surface area contributed by atoms with Crippen LogP contribution in [0.2, 0.25) is 0 Å². The number of rotatable bonds is 2. The predicted octanol–water partition coefficient (Wildman–Crippen LogP) is 2.50. The van der Waals surface area contributed by atoms with Crippen molar-refractivity contribution in [3.8, 4) is 0 Å². The maximum absolute atomic E-state index is 9.40. The molecule has 1 atom stereocenters. The molecular formula is C12H17BrN2O. The van der Waals surface area contributed by atoms with Crippen LogP contribution < -0.4 is 4.90 Å². The largest absolute Gasteiger partial charge is 0.394 e. The van der Waals surface area contributed by atoms with Crippen LogP contribution >= 0.6 is 15.9 Å². The fraction of sp³-hybridized carbons (Fsp3) is 0.583. The molecule has 0 aliphatic carbocycles. The van der Waals surface area contributed by atoms with Gasteiger partial charge in [-0.05, 0) is 53.7 Å². The Balaban J connectivity index is 2.30. The normalized spacial score (nSPS) is 21.2. The molecule has 0 spiro atoms. The van der Waals surface area contributed by atoms with Gasteiger partial charge in [0, 0.05) is 12.7 Å². The van der Waals surface area contributed by atoms with Crippen LogP contribution in [0.1, 0.15) is 24.8 Å². The average Bonchev–Trinajstić information content (AvgIpc) is 2.33. The molecule has 1 aromatic rings. The van der Waals surface area contributed by atoms with E-state index < -0.39 is 0 Å². The first-order valence-electron chi connectivity index (χ1n) is 5.72. The van der Waals surface area contributed by atoms with Crippen molar-refractivity contribution in [3.63, 3.8) is 0 Å². The number of nitrogens with zero attached hydrogens (tertiary/aromatic N) is 2. The Morgan fingerprint density at radius 2 is 2.38 bits per heavy atom. The molecule has 4 heteroatoms. The summed E-state index contributed by atoms with van der Waals surface area (Å²) < 4.78 is 1.05. The van der Waals surface area contributed by atoms with Gasteiger partial charge in [0.2, 0.25) is 0 Å². The molecule has 1 fully saturated rings. The van der Waals surface area contributed by atoms with Gasteiger partial charge in [0.1, 0.15) is 5.82 Å². The first-order chi connectivity index (χ1) is 7.74. The highest BCUT2D eigenvalue weighted by molar-refractivity contribution is 9.10. The molecule has 0 bridgehead atoms. The molecule has 88 valence electrons. The SMILES string of the molecule is Cc1ccnc(N2CCCCC2CO)c1Br. The lowest BCUT2D eigenvalue weighted by atomic mass is 10.0. The van der Waals surface area contributed by atoms with E-state index in [1.54, 1.807) is 0 Å². The molecule has 0 saturated carbocycles. The number of piperidine rings is 1. The van der Waals surface area contributed by atoms with E-state index >= 15 is 0 Å². The summed E-state index contributed by atoms with van der Waals surface area (Å²) in [5.41, 5.74) is 1.19. The summed E-state index contributed by atoms with van der Waals surface area (Å²) in [6.45, 7) is 3.26. The van der Waals surface area contributed by atoms with Crippen LogP contribution in [0.5, 0.6) is 0 Å². The molecule has 1 aromatic heterocycles. The maximum Gasteiger partial charge on any atom is 0.143 e. The van der Waals surface area contributed by atoms with Crippen LogP contribution in [-0.4, -0.2) is 29.3 Å². The number of halogens is 1. The first kappa shape index (κ1) is 11.9. The minimum atomic E-state index is 0.210. The summed E-state index contributed by atoms with van der Waals surface area (Å²) in [7, 11) is 0. The van der Waals surface area contributed by atoms with Crippen molar-refractivity contribution in [2.24, 2.45) is 0 Å². The number of aliphatic hydroxyl groups excluding tert-OH is 1. The molecule has 2 rings (SSSR count). The van der Waals surface area contributed by atoms with Crippen molar-refractivity contribution in [2.45, 2.75) is 32.2 Å². The molecule has 1 N–H and O–H groups in total. The van der Waals surface area contributed by atoms with Gasteiger partial charge in [0.05, 0.1) is 17.1 Å². The van der Waals surface area contributed by atoms with Crippen LogP contribution in [0, 0.1) is 6.92 Å². The van der Waals surface area contributed by atoms with E-state index in [0.29, 0.717) is 0 Å². The summed E-state index contributed by atoms with van der Waals surface area (Å²) in [6.07, 6.45) is 5.26. The number of hydrogen-bond donors (Lipinski definition) is 1. The topological polar surface area (TPSA) is 36.4 Å². The lowest BCUT2D eigenvalue weighted by molar-refractivity contribution is 0.239. The minimum Gasteiger partial charge on any atom is -0.394 e. The third kappa shape index (κ3) is 2.23. The van der Waals surface area contributed by atoms with Gasteiger partial charge in [0.25, 0.3) is 0 Å². The zero-order valence-electron chi connectivity index (χ0n) is 9.49. The van der Waals surface area contributed by atoms with Gasteiger partial charge in [-0.2, -0.15) is 0 Å². The molecule has 2 heterocycles. The molecule has 0 amide bonds. The summed E-state index contributed by atoms with van der Waals surface area (Å²) in [4.78, 5) is 6.65. The molecule has 0 aromatic carbocycles. The third-order valence-corrected chi connectivity index (χ3v) is 4.15. The van der Waals surface area contributed by atoms with Gasteiger partial charge in [-0.25, -0.2) is 4.98 Å². The highest BCUT2D eigenvalue weighted by Crippen LogP contribution is 2.31. The van der Waals surface area contributed by atoms with Crippen LogP contribution in [0.3, 0.4) is 0 Å². The lowest BCUT2D eigenvalue weighted by Gasteiger charge is -2.36. The number of aliphatic hydroxyl groups is 1. The highest BCUT2D eigenvalue weighted by atomic mass is 79.9. The first-order valence-corrected chi connectivity index (χ1v) is 6.52. The number of aryl methyl sites for hydroxylation is 1. The number of pyridine rings is 1. The van der Waals surface area contributed by atoms with Gasteiger partial charge < -0.3 is 10.0 Å². The van der Waals surface area contributed by atoms with Crippen molar-refractivity contribution in [3.05, 3.63) is 22.3 Å². The molecule has 1 aliphatic rings. The summed E-state index contributed by atoms with van der Waals surface area (Å²) in [5, 5.41) is 9.40. The van der Waals surface area contributed by atoms with E-state index in [-0.39, 0.29) is 12.6 Å². The predicted molar refractivity (Wildman–Crippen MR) is 68.7 cm³/mol. The monoisotopic (exact) mass is 284 g/mol. The zero-order valence-corrected chi connectivity index (χ0v) is 11.1. The number of aromatic nitrogens is 1. The quantitative estimate of drug-likeness (QED) is 0.907. The van der Waals surface area contributed by atoms with Gasteiger partial charge in [-0.3, -0.25) is 0 Å². The van der Waals surface area contributed by atoms with Crippen molar-refractivity contribution in [2.75, 3.05) is 18.1 Å². The van der Waals surface area contributed by atoms with Gasteiger partial charge in [0.15, 0.2) is 0 Å². The highest BCUT2D eigenvalue weighted by Gasteiger charge is 2.24. The molecule has 1 aliphatic heterocycles. The van der Waals surface area contributed by atoms with Gasteiger partial charge >= 0.3 is 0 Å². The number of anilines is 1. The summed E-state index contributed by atoms with van der Waals surface area (Å²) >= 11 is 3.59. The number of hydrogen-bond acceptors (Lipinski definition) is 3. The Morgan fingerprint density at radius 3 is 3.12 bits per heavy atom. The molecular weight excluding hydrogens is 268 g/mol. The van der Waals surface area contributed by atoms with Crippen molar-refractivity contribution in [1.82, 2.24) is 4.98 Å². The smallest absolute Gasteiger partial charge is 0.143 e. The van der Waals surface area contributed by atoms with E-state index in [0.717, 1.165) is 23.3 Å². The van der Waals surface area contributed by atoms with E-state index in [4.69, 9.17) is 0 Å². The van der Waals surface area contributed by atoms with Crippen molar-refractivity contribution in [1.29, 1.82) is 0 Å². The zero-order chi connectivity index (χ0) is 11.5. The van der Waals surface area contributed by atoms with E-state index in [1.807, 2.05) is 12.3 Å². The third-order valence-electron chi connectivity index (χ3n) is 3.17. The minimum absolute atomic E-state index is 0.210. The average molecular weight is 285 g/mol. The van der Waals surface area contributed by atoms with E-state index in [1.165, 1.54) is 18.4 Å². The standard InChI is InChI=1S/C12H17BrN2O/c1-9-5-6-14-12(11(9)13)15-7-3-2-4-10(15)8-16/h5-6,10,16H,2-4,7-8H2,1H3. The van der Waals surface area contributed by atoms with Crippen molar-refractivity contribution < 1.29 is 5.11 Å². The fourth-order valence-electron chi connectivity index (χ4n) is 2.20. The summed E-state index contributed by atoms with van der Waals surface area (Å²) in [6, 6.07) is 2.21. The summed E-state index contributed by atoms with van der Waals surface area (Å²) in [5.74, 6) is 0.971. The molecule has 1 saturated heterocycles. The Hall–Kier alpha value is -0.610. The Kier molecular flexibility index (Phi) is 3.82. The fourth-order valence-corrected chi connectivity index (χ4v) is 2.66. The Morgan fingerprint density at radius 1 is 1.56 bits per heavy atom. The van der Waals surface area contributed by atoms with Crippen LogP contribution in [-0.2, 0) is 0 Å². The Bertz CT molecular complexity index is 370. The molecule has 1 unspecified atom stereocenters. The molecule has 0 radical (unpaired) electrons. The van der Waals surface area contributed by atoms with Crippen LogP contribution in [0.15, 0.2) is 16.7 Å². The second-order valence-corrected chi connectivity index (χ2v) is 5.08. The second kappa shape index (κ2) is 5.15. The van der Waals surface area contributed by atoms with Gasteiger partial charge in [-0.1, -0.05) is 0 Å². The second-order valence-electron chi connectivity index (χ2n) is 4.29. The maximum atomic E-state index is 9.40. The lowest BCUT2D eigenvalue weighted by Crippen LogP contribution is -2.42. The molecule has 16 heavy (non-hydrogen) atoms. The van der Waals surface area contributed by atoms with E-state index in [2.05, 4.69) is 32.7 Å². The molecule has 3 nitrogen and oxygen atoms in total. The Labute approximate surface area is 105 Å². The van der Waals surface area contributed by atoms with Crippen LogP contribution in [0.25, 0.3) is 0 Å². The van der Waals surface area contributed by atoms with Crippen molar-refractivity contribution >= 4 is 21.7 Å². The van der Waals surface area contributed by atoms with Crippen LogP contribution in [0.4, 0.5) is 5.82 Å². The van der Waals surface area contributed by atoms with E-state index in [9.17, 15) is 5.11 Å². The van der Waals surface area contributed by atoms with Gasteiger partial charge in [-0.15, -0.1) is 0 Å².